The standard InChI is InChI=1S/C10H11ClO4/c1-15-5-6-2-7(4-9(12)13)10(14)8(11)3-6/h2-3,14H,4-5H2,1H3,(H,12,13). The van der Waals surface area contributed by atoms with Crippen molar-refractivity contribution in [2.75, 3.05) is 7.11 Å². The summed E-state index contributed by atoms with van der Waals surface area (Å²) < 4.78 is 4.90. The van der Waals surface area contributed by atoms with Crippen molar-refractivity contribution in [1.82, 2.24) is 0 Å². The van der Waals surface area contributed by atoms with Crippen LogP contribution < -0.4 is 0 Å². The first-order chi connectivity index (χ1) is 7.04. The number of hydrogen-bond donors (Lipinski definition) is 2. The van der Waals surface area contributed by atoms with E-state index in [1.54, 1.807) is 12.1 Å². The molecule has 82 valence electrons. The molecule has 0 spiro atoms. The van der Waals surface area contributed by atoms with E-state index in [1.165, 1.54) is 7.11 Å². The van der Waals surface area contributed by atoms with Gasteiger partial charge in [-0.3, -0.25) is 4.79 Å². The van der Waals surface area contributed by atoms with Crippen molar-refractivity contribution < 1.29 is 19.7 Å². The molecule has 0 amide bonds. The van der Waals surface area contributed by atoms with E-state index in [0.717, 1.165) is 5.56 Å². The first-order valence-electron chi connectivity index (χ1n) is 4.25. The molecule has 0 unspecified atom stereocenters. The zero-order chi connectivity index (χ0) is 11.4. The predicted octanol–water partition coefficient (Wildman–Crippen LogP) is 1.82. The molecule has 4 nitrogen and oxygen atoms in total. The Labute approximate surface area is 92.1 Å². The van der Waals surface area contributed by atoms with Gasteiger partial charge < -0.3 is 14.9 Å². The normalized spacial score (nSPS) is 10.3. The van der Waals surface area contributed by atoms with E-state index in [0.29, 0.717) is 12.2 Å². The number of phenols is 1. The summed E-state index contributed by atoms with van der Waals surface area (Å²) >= 11 is 5.74. The lowest BCUT2D eigenvalue weighted by molar-refractivity contribution is -0.136. The number of rotatable bonds is 4. The van der Waals surface area contributed by atoms with Gasteiger partial charge in [0, 0.05) is 12.7 Å². The van der Waals surface area contributed by atoms with Gasteiger partial charge in [0.25, 0.3) is 0 Å². The Balaban J connectivity index is 3.06. The molecule has 0 radical (unpaired) electrons. The van der Waals surface area contributed by atoms with E-state index < -0.39 is 5.97 Å². The van der Waals surface area contributed by atoms with Crippen molar-refractivity contribution in [3.05, 3.63) is 28.3 Å². The minimum atomic E-state index is -1.02. The highest BCUT2D eigenvalue weighted by Gasteiger charge is 2.11. The number of hydrogen-bond acceptors (Lipinski definition) is 3. The minimum absolute atomic E-state index is 0.140. The van der Waals surface area contributed by atoms with Gasteiger partial charge in [0.2, 0.25) is 0 Å². The molecule has 0 aliphatic carbocycles. The fourth-order valence-electron chi connectivity index (χ4n) is 1.27. The average molecular weight is 231 g/mol. The molecule has 1 rings (SSSR count). The molecule has 1 aromatic rings. The maximum absolute atomic E-state index is 10.5. The van der Waals surface area contributed by atoms with Crippen molar-refractivity contribution in [3.63, 3.8) is 0 Å². The highest BCUT2D eigenvalue weighted by Crippen LogP contribution is 2.29. The third-order valence-corrected chi connectivity index (χ3v) is 2.14. The van der Waals surface area contributed by atoms with Crippen LogP contribution in [-0.2, 0) is 22.6 Å². The summed E-state index contributed by atoms with van der Waals surface area (Å²) in [5.41, 5.74) is 1.03. The van der Waals surface area contributed by atoms with Crippen LogP contribution in [0.1, 0.15) is 11.1 Å². The predicted molar refractivity (Wildman–Crippen MR) is 55.2 cm³/mol. The number of phenolic OH excluding ortho intramolecular Hbond substituents is 1. The SMILES string of the molecule is COCc1cc(Cl)c(O)c(CC(=O)O)c1. The molecular formula is C10H11ClO4. The third kappa shape index (κ3) is 3.11. The Morgan fingerprint density at radius 2 is 2.20 bits per heavy atom. The van der Waals surface area contributed by atoms with E-state index in [2.05, 4.69) is 0 Å². The Kier molecular flexibility index (Phi) is 3.94. The summed E-state index contributed by atoms with van der Waals surface area (Å²) in [6.45, 7) is 0.326. The second-order valence-corrected chi connectivity index (χ2v) is 3.50. The lowest BCUT2D eigenvalue weighted by atomic mass is 10.1. The third-order valence-electron chi connectivity index (χ3n) is 1.85. The monoisotopic (exact) mass is 230 g/mol. The molecule has 0 aromatic heterocycles. The zero-order valence-electron chi connectivity index (χ0n) is 8.16. The summed E-state index contributed by atoms with van der Waals surface area (Å²) in [6.07, 6.45) is -0.261. The number of benzene rings is 1. The number of carboxylic acids is 1. The molecular weight excluding hydrogens is 220 g/mol. The van der Waals surface area contributed by atoms with E-state index in [4.69, 9.17) is 21.4 Å². The topological polar surface area (TPSA) is 66.8 Å². The van der Waals surface area contributed by atoms with Crippen molar-refractivity contribution in [2.24, 2.45) is 0 Å². The molecule has 15 heavy (non-hydrogen) atoms. The van der Waals surface area contributed by atoms with Crippen molar-refractivity contribution in [1.29, 1.82) is 0 Å². The average Bonchev–Trinajstić information content (AvgIpc) is 2.13. The first kappa shape index (κ1) is 11.8. The molecule has 0 saturated carbocycles. The van der Waals surface area contributed by atoms with Crippen LogP contribution in [0.4, 0.5) is 0 Å². The summed E-state index contributed by atoms with van der Waals surface area (Å²) in [5, 5.41) is 18.3. The number of halogens is 1. The Morgan fingerprint density at radius 3 is 2.73 bits per heavy atom. The van der Waals surface area contributed by atoms with Gasteiger partial charge in [0.05, 0.1) is 18.1 Å². The van der Waals surface area contributed by atoms with Crippen molar-refractivity contribution in [2.45, 2.75) is 13.0 Å². The summed E-state index contributed by atoms with van der Waals surface area (Å²) in [4.78, 5) is 10.5. The number of ether oxygens (including phenoxy) is 1. The van der Waals surface area contributed by atoms with Crippen molar-refractivity contribution in [3.8, 4) is 5.75 Å². The summed E-state index contributed by atoms with van der Waals surface area (Å²) in [6, 6.07) is 3.12. The van der Waals surface area contributed by atoms with Crippen LogP contribution in [0, 0.1) is 0 Å². The highest BCUT2D eigenvalue weighted by atomic mass is 35.5. The highest BCUT2D eigenvalue weighted by molar-refractivity contribution is 6.32. The first-order valence-corrected chi connectivity index (χ1v) is 4.63. The second-order valence-electron chi connectivity index (χ2n) is 3.09. The number of aromatic hydroxyl groups is 1. The van der Waals surface area contributed by atoms with Gasteiger partial charge in [0.15, 0.2) is 0 Å². The van der Waals surface area contributed by atoms with Gasteiger partial charge in [-0.25, -0.2) is 0 Å². The number of carbonyl (C=O) groups is 1. The molecule has 0 atom stereocenters. The molecule has 0 aliphatic heterocycles. The van der Waals surface area contributed by atoms with Crippen LogP contribution in [0.25, 0.3) is 0 Å². The number of aliphatic carboxylic acids is 1. The lowest BCUT2D eigenvalue weighted by Crippen LogP contribution is -2.01. The maximum Gasteiger partial charge on any atom is 0.307 e. The molecule has 2 N–H and O–H groups in total. The molecule has 0 saturated heterocycles. The van der Waals surface area contributed by atoms with Gasteiger partial charge in [-0.2, -0.15) is 0 Å². The van der Waals surface area contributed by atoms with Gasteiger partial charge in [0.1, 0.15) is 5.75 Å². The van der Waals surface area contributed by atoms with Gasteiger partial charge in [-0.15, -0.1) is 0 Å². The Morgan fingerprint density at radius 1 is 1.53 bits per heavy atom. The summed E-state index contributed by atoms with van der Waals surface area (Å²) in [5.74, 6) is -1.20. The van der Waals surface area contributed by atoms with Crippen LogP contribution in [0.3, 0.4) is 0 Å². The van der Waals surface area contributed by atoms with E-state index in [1.807, 2.05) is 0 Å². The molecule has 0 aliphatic rings. The van der Waals surface area contributed by atoms with Crippen LogP contribution in [0.2, 0.25) is 5.02 Å². The smallest absolute Gasteiger partial charge is 0.307 e. The van der Waals surface area contributed by atoms with E-state index in [9.17, 15) is 9.90 Å². The zero-order valence-corrected chi connectivity index (χ0v) is 8.91. The van der Waals surface area contributed by atoms with E-state index >= 15 is 0 Å². The molecule has 0 bridgehead atoms. The second kappa shape index (κ2) is 5.00. The fourth-order valence-corrected chi connectivity index (χ4v) is 1.53. The molecule has 0 fully saturated rings. The van der Waals surface area contributed by atoms with Crippen molar-refractivity contribution >= 4 is 17.6 Å². The van der Waals surface area contributed by atoms with Crippen LogP contribution in [0.15, 0.2) is 12.1 Å². The largest absolute Gasteiger partial charge is 0.506 e. The van der Waals surface area contributed by atoms with Gasteiger partial charge >= 0.3 is 5.97 Å². The Bertz CT molecular complexity index is 376. The van der Waals surface area contributed by atoms with Crippen LogP contribution in [-0.4, -0.2) is 23.3 Å². The fraction of sp³-hybridized carbons (Fsp3) is 0.300. The Hall–Kier alpha value is -1.26. The van der Waals surface area contributed by atoms with E-state index in [-0.39, 0.29) is 17.2 Å². The minimum Gasteiger partial charge on any atom is -0.506 e. The molecule has 0 heterocycles. The lowest BCUT2D eigenvalue weighted by Gasteiger charge is -2.07. The van der Waals surface area contributed by atoms with Crippen LogP contribution in [0.5, 0.6) is 5.75 Å². The number of methoxy groups -OCH3 is 1. The summed E-state index contributed by atoms with van der Waals surface area (Å²) in [7, 11) is 1.53. The number of carboxylic acid groups (broad SMARTS) is 1. The quantitative estimate of drug-likeness (QED) is 0.828. The maximum atomic E-state index is 10.5. The van der Waals surface area contributed by atoms with Gasteiger partial charge in [-0.1, -0.05) is 11.6 Å². The van der Waals surface area contributed by atoms with Crippen LogP contribution >= 0.6 is 11.6 Å². The molecule has 5 heteroatoms. The van der Waals surface area contributed by atoms with Gasteiger partial charge in [-0.05, 0) is 17.7 Å². The molecule has 1 aromatic carbocycles.